The molecule has 2 fully saturated rings. The van der Waals surface area contributed by atoms with E-state index < -0.39 is 0 Å². The first-order valence-electron chi connectivity index (χ1n) is 9.01. The number of carbonyl (C=O) groups excluding carboxylic acids is 1. The van der Waals surface area contributed by atoms with Crippen LogP contribution in [0.2, 0.25) is 0 Å². The maximum absolute atomic E-state index is 12.1. The molecule has 1 saturated heterocycles. The van der Waals surface area contributed by atoms with Gasteiger partial charge in [0, 0.05) is 58.0 Å². The van der Waals surface area contributed by atoms with Crippen molar-refractivity contribution in [2.75, 3.05) is 44.6 Å². The maximum atomic E-state index is 12.1. The lowest BCUT2D eigenvalue weighted by Gasteiger charge is -2.41. The van der Waals surface area contributed by atoms with Crippen molar-refractivity contribution in [1.82, 2.24) is 14.8 Å². The zero-order valence-electron chi connectivity index (χ0n) is 14.2. The number of rotatable bonds is 8. The van der Waals surface area contributed by atoms with E-state index in [1.54, 1.807) is 12.4 Å². The number of piperazine rings is 1. The van der Waals surface area contributed by atoms with E-state index in [0.717, 1.165) is 44.2 Å². The number of hydrogen-bond donors (Lipinski definition) is 2. The van der Waals surface area contributed by atoms with Crippen molar-refractivity contribution in [1.29, 1.82) is 0 Å². The van der Waals surface area contributed by atoms with Crippen LogP contribution in [0, 0.1) is 5.92 Å². The van der Waals surface area contributed by atoms with Crippen LogP contribution in [-0.4, -0.2) is 71.2 Å². The number of nitrogens with zero attached hydrogens (tertiary/aromatic N) is 3. The van der Waals surface area contributed by atoms with E-state index in [4.69, 9.17) is 0 Å². The molecule has 1 saturated carbocycles. The van der Waals surface area contributed by atoms with Crippen molar-refractivity contribution in [3.8, 4) is 0 Å². The molecule has 2 N–H and O–H groups in total. The quantitative estimate of drug-likeness (QED) is 0.748. The van der Waals surface area contributed by atoms with Crippen molar-refractivity contribution in [3.05, 3.63) is 24.5 Å². The van der Waals surface area contributed by atoms with E-state index in [0.29, 0.717) is 12.5 Å². The van der Waals surface area contributed by atoms with Gasteiger partial charge in [-0.25, -0.2) is 0 Å². The van der Waals surface area contributed by atoms with Gasteiger partial charge in [-0.05, 0) is 37.3 Å². The minimum absolute atomic E-state index is 0.0297. The third-order valence-electron chi connectivity index (χ3n) is 4.94. The number of amides is 1. The van der Waals surface area contributed by atoms with Crippen LogP contribution >= 0.6 is 0 Å². The molecular formula is C18H28N4O2. The second-order valence-corrected chi connectivity index (χ2v) is 6.94. The highest BCUT2D eigenvalue weighted by Gasteiger charge is 2.31. The summed E-state index contributed by atoms with van der Waals surface area (Å²) in [5.41, 5.74) is 0.745. The molecule has 1 aromatic rings. The third-order valence-corrected chi connectivity index (χ3v) is 4.94. The van der Waals surface area contributed by atoms with Crippen LogP contribution in [-0.2, 0) is 4.79 Å². The average molecular weight is 332 g/mol. The van der Waals surface area contributed by atoms with Crippen LogP contribution in [0.15, 0.2) is 24.5 Å². The lowest BCUT2D eigenvalue weighted by atomic mass is 10.1. The Morgan fingerprint density at radius 3 is 2.96 bits per heavy atom. The van der Waals surface area contributed by atoms with Gasteiger partial charge in [0.15, 0.2) is 0 Å². The SMILES string of the molecule is O=C(CCN1CCN(CC2CC2)[C@@H](CCO)C1)Nc1cccnc1. The van der Waals surface area contributed by atoms with Gasteiger partial charge in [-0.2, -0.15) is 0 Å². The fourth-order valence-corrected chi connectivity index (χ4v) is 3.38. The molecule has 1 atom stereocenters. The molecule has 1 aromatic heterocycles. The molecule has 1 aliphatic heterocycles. The highest BCUT2D eigenvalue weighted by atomic mass is 16.3. The summed E-state index contributed by atoms with van der Waals surface area (Å²) in [7, 11) is 0. The van der Waals surface area contributed by atoms with Crippen LogP contribution in [0.5, 0.6) is 0 Å². The predicted molar refractivity (Wildman–Crippen MR) is 93.7 cm³/mol. The molecule has 6 heteroatoms. The first kappa shape index (κ1) is 17.3. The third kappa shape index (κ3) is 5.26. The Bertz CT molecular complexity index is 521. The number of pyridine rings is 1. The van der Waals surface area contributed by atoms with Crippen molar-refractivity contribution >= 4 is 11.6 Å². The number of aliphatic hydroxyl groups excluding tert-OH is 1. The minimum atomic E-state index is 0.0297. The molecule has 1 aliphatic carbocycles. The molecule has 2 aliphatic rings. The van der Waals surface area contributed by atoms with Crippen LogP contribution in [0.25, 0.3) is 0 Å². The van der Waals surface area contributed by atoms with E-state index >= 15 is 0 Å². The number of nitrogens with one attached hydrogen (secondary N) is 1. The number of hydrogen-bond acceptors (Lipinski definition) is 5. The molecule has 6 nitrogen and oxygen atoms in total. The molecule has 2 heterocycles. The number of aliphatic hydroxyl groups is 1. The largest absolute Gasteiger partial charge is 0.396 e. The second-order valence-electron chi connectivity index (χ2n) is 6.94. The van der Waals surface area contributed by atoms with Crippen LogP contribution < -0.4 is 5.32 Å². The zero-order valence-corrected chi connectivity index (χ0v) is 14.2. The molecule has 132 valence electrons. The van der Waals surface area contributed by atoms with Gasteiger partial charge >= 0.3 is 0 Å². The summed E-state index contributed by atoms with van der Waals surface area (Å²) in [6.07, 6.45) is 7.39. The Balaban J connectivity index is 1.42. The smallest absolute Gasteiger partial charge is 0.225 e. The fraction of sp³-hybridized carbons (Fsp3) is 0.667. The summed E-state index contributed by atoms with van der Waals surface area (Å²) in [5, 5.41) is 12.2. The van der Waals surface area contributed by atoms with E-state index in [1.165, 1.54) is 19.4 Å². The minimum Gasteiger partial charge on any atom is -0.396 e. The summed E-state index contributed by atoms with van der Waals surface area (Å²) in [6.45, 7) is 5.19. The Kier molecular flexibility index (Phi) is 6.18. The van der Waals surface area contributed by atoms with E-state index in [1.807, 2.05) is 12.1 Å². The first-order valence-corrected chi connectivity index (χ1v) is 9.01. The molecule has 0 radical (unpaired) electrons. The summed E-state index contributed by atoms with van der Waals surface area (Å²) in [6, 6.07) is 4.08. The van der Waals surface area contributed by atoms with Gasteiger partial charge < -0.3 is 10.4 Å². The molecule has 3 rings (SSSR count). The summed E-state index contributed by atoms with van der Waals surface area (Å²) < 4.78 is 0. The normalized spacial score (nSPS) is 22.5. The molecule has 0 spiro atoms. The molecule has 1 amide bonds. The van der Waals surface area contributed by atoms with Crippen molar-refractivity contribution in [3.63, 3.8) is 0 Å². The van der Waals surface area contributed by atoms with E-state index in [2.05, 4.69) is 20.1 Å². The van der Waals surface area contributed by atoms with Gasteiger partial charge in [0.05, 0.1) is 11.9 Å². The maximum Gasteiger partial charge on any atom is 0.225 e. The second kappa shape index (κ2) is 8.55. The Hall–Kier alpha value is -1.50. The number of carbonyl (C=O) groups is 1. The van der Waals surface area contributed by atoms with Gasteiger partial charge in [-0.3, -0.25) is 19.6 Å². The molecule has 0 bridgehead atoms. The van der Waals surface area contributed by atoms with Gasteiger partial charge in [0.25, 0.3) is 0 Å². The van der Waals surface area contributed by atoms with Gasteiger partial charge in [0.1, 0.15) is 0 Å². The van der Waals surface area contributed by atoms with Crippen LogP contribution in [0.1, 0.15) is 25.7 Å². The topological polar surface area (TPSA) is 68.7 Å². The van der Waals surface area contributed by atoms with Crippen LogP contribution in [0.4, 0.5) is 5.69 Å². The van der Waals surface area contributed by atoms with Gasteiger partial charge in [0.2, 0.25) is 5.91 Å². The zero-order chi connectivity index (χ0) is 16.8. The molecule has 0 unspecified atom stereocenters. The highest BCUT2D eigenvalue weighted by molar-refractivity contribution is 5.90. The molecular weight excluding hydrogens is 304 g/mol. The number of aromatic nitrogens is 1. The lowest BCUT2D eigenvalue weighted by molar-refractivity contribution is -0.116. The Labute approximate surface area is 143 Å². The predicted octanol–water partition coefficient (Wildman–Crippen LogP) is 1.19. The van der Waals surface area contributed by atoms with E-state index in [9.17, 15) is 9.90 Å². The van der Waals surface area contributed by atoms with Crippen LogP contribution in [0.3, 0.4) is 0 Å². The summed E-state index contributed by atoms with van der Waals surface area (Å²) in [5.74, 6) is 0.908. The standard InChI is InChI=1S/C18H28N4O2/c23-11-6-17-14-21(9-10-22(17)13-15-3-4-15)8-5-18(24)20-16-2-1-7-19-12-16/h1-2,7,12,15,17,23H,3-6,8-11,13-14H2,(H,20,24)/t17-/m0/s1. The van der Waals surface area contributed by atoms with Gasteiger partial charge in [-0.1, -0.05) is 0 Å². The van der Waals surface area contributed by atoms with Crippen molar-refractivity contribution < 1.29 is 9.90 Å². The van der Waals surface area contributed by atoms with Crippen molar-refractivity contribution in [2.45, 2.75) is 31.7 Å². The molecule has 0 aromatic carbocycles. The monoisotopic (exact) mass is 332 g/mol. The highest BCUT2D eigenvalue weighted by Crippen LogP contribution is 2.31. The summed E-state index contributed by atoms with van der Waals surface area (Å²) >= 11 is 0. The van der Waals surface area contributed by atoms with Crippen molar-refractivity contribution in [2.24, 2.45) is 5.92 Å². The van der Waals surface area contributed by atoms with E-state index in [-0.39, 0.29) is 12.5 Å². The van der Waals surface area contributed by atoms with Gasteiger partial charge in [-0.15, -0.1) is 0 Å². The molecule has 24 heavy (non-hydrogen) atoms. The number of anilines is 1. The summed E-state index contributed by atoms with van der Waals surface area (Å²) in [4.78, 5) is 21.0. The first-order chi connectivity index (χ1) is 11.7. The Morgan fingerprint density at radius 1 is 1.38 bits per heavy atom. The Morgan fingerprint density at radius 2 is 2.25 bits per heavy atom. The average Bonchev–Trinajstić information content (AvgIpc) is 3.40. The fourth-order valence-electron chi connectivity index (χ4n) is 3.38. The lowest BCUT2D eigenvalue weighted by Crippen LogP contribution is -2.54.